The van der Waals surface area contributed by atoms with Crippen LogP contribution in [0.25, 0.3) is 22.0 Å². The second-order valence-corrected chi connectivity index (χ2v) is 8.42. The van der Waals surface area contributed by atoms with E-state index in [2.05, 4.69) is 55.5 Å². The fourth-order valence-electron chi connectivity index (χ4n) is 3.33. The average Bonchev–Trinajstić information content (AvgIpc) is 2.70. The van der Waals surface area contributed by atoms with Crippen LogP contribution in [0.1, 0.15) is 51.3 Å². The molecule has 5 heteroatoms. The van der Waals surface area contributed by atoms with Crippen molar-refractivity contribution in [1.82, 2.24) is 4.98 Å². The highest BCUT2D eigenvalue weighted by atomic mass is 16.6. The molecule has 0 aliphatic carbocycles. The monoisotopic (exact) mass is 419 g/mol. The van der Waals surface area contributed by atoms with E-state index in [0.717, 1.165) is 35.9 Å². The molecule has 0 unspecified atom stereocenters. The van der Waals surface area contributed by atoms with Crippen LogP contribution in [0.3, 0.4) is 0 Å². The van der Waals surface area contributed by atoms with Crippen LogP contribution in [0.4, 0.5) is 0 Å². The Balaban J connectivity index is 0.00000107. The van der Waals surface area contributed by atoms with E-state index >= 15 is 0 Å². The number of esters is 1. The van der Waals surface area contributed by atoms with Gasteiger partial charge in [-0.2, -0.15) is 9.59 Å². The Bertz CT molecular complexity index is 1050. The van der Waals surface area contributed by atoms with Gasteiger partial charge in [-0.05, 0) is 70.2 Å². The minimum atomic E-state index is -0.421. The normalized spacial score (nSPS) is 10.7. The van der Waals surface area contributed by atoms with Crippen molar-refractivity contribution in [1.29, 1.82) is 0 Å². The number of hydrogen-bond acceptors (Lipinski definition) is 5. The Morgan fingerprint density at radius 3 is 2.32 bits per heavy atom. The maximum Gasteiger partial charge on any atom is 0.373 e. The van der Waals surface area contributed by atoms with Crippen molar-refractivity contribution in [2.24, 2.45) is 0 Å². The highest BCUT2D eigenvalue weighted by molar-refractivity contribution is 5.85. The molecule has 162 valence electrons. The molecule has 0 spiro atoms. The molecule has 3 rings (SSSR count). The number of pyridine rings is 1. The lowest BCUT2D eigenvalue weighted by molar-refractivity contribution is -0.191. The van der Waals surface area contributed by atoms with E-state index in [0.29, 0.717) is 6.42 Å². The van der Waals surface area contributed by atoms with Crippen molar-refractivity contribution >= 4 is 23.0 Å². The molecule has 0 saturated carbocycles. The number of rotatable bonds is 6. The summed E-state index contributed by atoms with van der Waals surface area (Å²) in [4.78, 5) is 33.2. The van der Waals surface area contributed by atoms with Crippen molar-refractivity contribution in [3.8, 4) is 11.1 Å². The molecule has 0 bridgehead atoms. The lowest BCUT2D eigenvalue weighted by atomic mass is 9.98. The van der Waals surface area contributed by atoms with E-state index in [1.54, 1.807) is 0 Å². The van der Waals surface area contributed by atoms with E-state index in [4.69, 9.17) is 19.3 Å². The van der Waals surface area contributed by atoms with Crippen LogP contribution < -0.4 is 0 Å². The number of carbonyl (C=O) groups excluding carboxylic acids is 3. The summed E-state index contributed by atoms with van der Waals surface area (Å²) in [7, 11) is 0. The fourth-order valence-corrected chi connectivity index (χ4v) is 3.33. The van der Waals surface area contributed by atoms with Crippen LogP contribution in [0.15, 0.2) is 54.6 Å². The number of hydrogen-bond donors (Lipinski definition) is 0. The Hall–Kier alpha value is -3.30. The third-order valence-corrected chi connectivity index (χ3v) is 4.60. The average molecular weight is 420 g/mol. The molecule has 0 aliphatic heterocycles. The maximum atomic E-state index is 11.9. The number of benzene rings is 2. The van der Waals surface area contributed by atoms with Crippen molar-refractivity contribution in [3.63, 3.8) is 0 Å². The van der Waals surface area contributed by atoms with E-state index in [9.17, 15) is 4.79 Å². The molecule has 0 radical (unpaired) electrons. The molecule has 1 heterocycles. The second kappa shape index (κ2) is 11.2. The maximum absolute atomic E-state index is 11.9. The first-order valence-electron chi connectivity index (χ1n) is 10.4. The van der Waals surface area contributed by atoms with Crippen LogP contribution in [-0.2, 0) is 25.5 Å². The molecule has 5 nitrogen and oxygen atoms in total. The summed E-state index contributed by atoms with van der Waals surface area (Å²) in [5.41, 5.74) is 5.27. The number of aryl methyl sites for hydroxylation is 2. The first-order valence-corrected chi connectivity index (χ1v) is 10.4. The van der Waals surface area contributed by atoms with Gasteiger partial charge in [-0.3, -0.25) is 9.78 Å². The predicted octanol–water partition coefficient (Wildman–Crippen LogP) is 5.68. The first kappa shape index (κ1) is 24.0. The minimum Gasteiger partial charge on any atom is -0.460 e. The quantitative estimate of drug-likeness (QED) is 0.379. The molecular weight excluding hydrogens is 390 g/mol. The van der Waals surface area contributed by atoms with E-state index < -0.39 is 5.60 Å². The Morgan fingerprint density at radius 2 is 1.68 bits per heavy atom. The van der Waals surface area contributed by atoms with Gasteiger partial charge in [0.15, 0.2) is 0 Å². The number of carbonyl (C=O) groups is 1. The van der Waals surface area contributed by atoms with Gasteiger partial charge in [-0.25, -0.2) is 0 Å². The van der Waals surface area contributed by atoms with Crippen molar-refractivity contribution in [3.05, 3.63) is 65.9 Å². The number of unbranched alkanes of at least 4 members (excludes halogenated alkanes) is 1. The van der Waals surface area contributed by atoms with Gasteiger partial charge in [0.2, 0.25) is 0 Å². The Labute approximate surface area is 183 Å². The van der Waals surface area contributed by atoms with E-state index in [1.165, 1.54) is 16.7 Å². The van der Waals surface area contributed by atoms with E-state index in [-0.39, 0.29) is 12.1 Å². The zero-order chi connectivity index (χ0) is 22.9. The van der Waals surface area contributed by atoms with Crippen LogP contribution in [-0.4, -0.2) is 22.7 Å². The molecule has 31 heavy (non-hydrogen) atoms. The molecule has 0 fully saturated rings. The van der Waals surface area contributed by atoms with Gasteiger partial charge < -0.3 is 4.74 Å². The SMILES string of the molecule is Cc1ccc2cc(-c3ccccc3)c(CCCCC(=O)OC(C)(C)C)nc2c1.O=C=O. The summed E-state index contributed by atoms with van der Waals surface area (Å²) in [5, 5.41) is 1.15. The van der Waals surface area contributed by atoms with Gasteiger partial charge in [0.25, 0.3) is 0 Å². The number of aromatic nitrogens is 1. The topological polar surface area (TPSA) is 73.3 Å². The van der Waals surface area contributed by atoms with Crippen LogP contribution >= 0.6 is 0 Å². The van der Waals surface area contributed by atoms with Crippen LogP contribution in [0.2, 0.25) is 0 Å². The smallest absolute Gasteiger partial charge is 0.373 e. The van der Waals surface area contributed by atoms with Crippen molar-refractivity contribution < 1.29 is 19.1 Å². The van der Waals surface area contributed by atoms with Gasteiger partial charge in [0.1, 0.15) is 5.60 Å². The Kier molecular flexibility index (Phi) is 8.65. The molecule has 0 amide bonds. The predicted molar refractivity (Wildman–Crippen MR) is 120 cm³/mol. The molecule has 0 atom stereocenters. The highest BCUT2D eigenvalue weighted by Gasteiger charge is 2.16. The molecule has 2 aromatic carbocycles. The molecular formula is C26H29NO4. The summed E-state index contributed by atoms with van der Waals surface area (Å²) in [6.07, 6.45) is 3.25. The lowest BCUT2D eigenvalue weighted by Gasteiger charge is -2.19. The van der Waals surface area contributed by atoms with Gasteiger partial charge >= 0.3 is 12.1 Å². The van der Waals surface area contributed by atoms with Gasteiger partial charge in [0, 0.05) is 23.1 Å². The van der Waals surface area contributed by atoms with Crippen LogP contribution in [0, 0.1) is 6.92 Å². The largest absolute Gasteiger partial charge is 0.460 e. The summed E-state index contributed by atoms with van der Waals surface area (Å²) in [5.74, 6) is -0.127. The molecule has 1 aromatic heterocycles. The third kappa shape index (κ3) is 7.80. The number of ether oxygens (including phenoxy) is 1. The molecule has 0 N–H and O–H groups in total. The fraction of sp³-hybridized carbons (Fsp3) is 0.346. The summed E-state index contributed by atoms with van der Waals surface area (Å²) < 4.78 is 5.40. The highest BCUT2D eigenvalue weighted by Crippen LogP contribution is 2.28. The zero-order valence-electron chi connectivity index (χ0n) is 18.6. The van der Waals surface area contributed by atoms with Gasteiger partial charge in [-0.15, -0.1) is 0 Å². The van der Waals surface area contributed by atoms with E-state index in [1.807, 2.05) is 26.8 Å². The van der Waals surface area contributed by atoms with Crippen molar-refractivity contribution in [2.75, 3.05) is 0 Å². The number of nitrogens with zero attached hydrogens (tertiary/aromatic N) is 1. The summed E-state index contributed by atoms with van der Waals surface area (Å²) in [6.45, 7) is 7.79. The molecule has 0 aliphatic rings. The van der Waals surface area contributed by atoms with Gasteiger partial charge in [0.05, 0.1) is 5.52 Å². The third-order valence-electron chi connectivity index (χ3n) is 4.60. The summed E-state index contributed by atoms with van der Waals surface area (Å²) >= 11 is 0. The van der Waals surface area contributed by atoms with Crippen molar-refractivity contribution in [2.45, 2.75) is 59.0 Å². The zero-order valence-corrected chi connectivity index (χ0v) is 18.6. The minimum absolute atomic E-state index is 0.127. The number of fused-ring (bicyclic) bond motifs is 1. The second-order valence-electron chi connectivity index (χ2n) is 8.42. The Morgan fingerprint density at radius 1 is 1.00 bits per heavy atom. The van der Waals surface area contributed by atoms with Gasteiger partial charge in [-0.1, -0.05) is 42.5 Å². The van der Waals surface area contributed by atoms with Crippen LogP contribution in [0.5, 0.6) is 0 Å². The molecule has 0 saturated heterocycles. The molecule has 3 aromatic rings. The summed E-state index contributed by atoms with van der Waals surface area (Å²) in [6, 6.07) is 19.0. The lowest BCUT2D eigenvalue weighted by Crippen LogP contribution is -2.23. The first-order chi connectivity index (χ1) is 14.7. The standard InChI is InChI=1S/C25H29NO2.CO2/c1-18-14-15-20-17-21(19-10-6-5-7-11-19)22(26-23(20)16-18)12-8-9-13-24(27)28-25(2,3)4;2-1-3/h5-7,10-11,14-17H,8-9,12-13H2,1-4H3;.